The average Bonchev–Trinajstić information content (AvgIpc) is 2.64. The molecule has 2 aromatic rings. The molecule has 2 aromatic carbocycles. The first-order chi connectivity index (χ1) is 12.1. The van der Waals surface area contributed by atoms with Crippen molar-refractivity contribution in [2.75, 3.05) is 13.1 Å². The fraction of sp³-hybridized carbons (Fsp3) is 0.316. The minimum atomic E-state index is -3.45. The molecular formula is C19H21N3O2S. The molecule has 6 heteroatoms. The lowest BCUT2D eigenvalue weighted by Gasteiger charge is -2.32. The van der Waals surface area contributed by atoms with E-state index >= 15 is 0 Å². The lowest BCUT2D eigenvalue weighted by molar-refractivity contribution is 0.200. The van der Waals surface area contributed by atoms with E-state index < -0.39 is 10.0 Å². The summed E-state index contributed by atoms with van der Waals surface area (Å²) in [6, 6.07) is 18.2. The smallest absolute Gasteiger partial charge is 0.240 e. The van der Waals surface area contributed by atoms with Gasteiger partial charge in [-0.05, 0) is 42.7 Å². The quantitative estimate of drug-likeness (QED) is 0.894. The van der Waals surface area contributed by atoms with Gasteiger partial charge in [0.1, 0.15) is 0 Å². The van der Waals surface area contributed by atoms with Crippen molar-refractivity contribution in [2.24, 2.45) is 0 Å². The molecule has 0 bridgehead atoms. The van der Waals surface area contributed by atoms with Gasteiger partial charge in [-0.2, -0.15) is 5.26 Å². The summed E-state index contributed by atoms with van der Waals surface area (Å²) in [7, 11) is -3.45. The number of nitriles is 1. The van der Waals surface area contributed by atoms with E-state index in [0.29, 0.717) is 10.5 Å². The van der Waals surface area contributed by atoms with E-state index in [2.05, 4.69) is 15.7 Å². The van der Waals surface area contributed by atoms with E-state index in [1.165, 1.54) is 0 Å². The molecule has 3 rings (SSSR count). The third-order valence-corrected chi connectivity index (χ3v) is 5.96. The SMILES string of the molecule is N#Cc1cccc(CN2CCC(NS(=O)(=O)c3ccccc3)CC2)c1. The number of sulfonamides is 1. The zero-order chi connectivity index (χ0) is 17.7. The van der Waals surface area contributed by atoms with Crippen molar-refractivity contribution < 1.29 is 8.42 Å². The van der Waals surface area contributed by atoms with Gasteiger partial charge >= 0.3 is 0 Å². The highest BCUT2D eigenvalue weighted by molar-refractivity contribution is 7.89. The van der Waals surface area contributed by atoms with Crippen LogP contribution < -0.4 is 4.72 Å². The number of nitrogens with zero attached hydrogens (tertiary/aromatic N) is 2. The summed E-state index contributed by atoms with van der Waals surface area (Å²) in [5.74, 6) is 0. The van der Waals surface area contributed by atoms with Crippen molar-refractivity contribution in [3.05, 3.63) is 65.7 Å². The molecule has 1 aliphatic rings. The van der Waals surface area contributed by atoms with Crippen LogP contribution in [0.4, 0.5) is 0 Å². The van der Waals surface area contributed by atoms with Gasteiger partial charge in [0.2, 0.25) is 10.0 Å². The Kier molecular flexibility index (Phi) is 5.49. The van der Waals surface area contributed by atoms with Crippen molar-refractivity contribution in [1.82, 2.24) is 9.62 Å². The van der Waals surface area contributed by atoms with Crippen LogP contribution in [0.2, 0.25) is 0 Å². The van der Waals surface area contributed by atoms with Gasteiger partial charge in [0, 0.05) is 25.7 Å². The van der Waals surface area contributed by atoms with Crippen molar-refractivity contribution in [2.45, 2.75) is 30.3 Å². The largest absolute Gasteiger partial charge is 0.299 e. The second kappa shape index (κ2) is 7.79. The predicted octanol–water partition coefficient (Wildman–Crippen LogP) is 2.50. The van der Waals surface area contributed by atoms with E-state index in [9.17, 15) is 8.42 Å². The van der Waals surface area contributed by atoms with Gasteiger partial charge in [-0.3, -0.25) is 4.90 Å². The van der Waals surface area contributed by atoms with Gasteiger partial charge in [-0.15, -0.1) is 0 Å². The molecule has 1 fully saturated rings. The van der Waals surface area contributed by atoms with Gasteiger partial charge in [0.05, 0.1) is 16.5 Å². The molecule has 0 atom stereocenters. The molecule has 1 heterocycles. The molecule has 0 aliphatic carbocycles. The number of nitrogens with one attached hydrogen (secondary N) is 1. The molecule has 5 nitrogen and oxygen atoms in total. The Morgan fingerprint density at radius 3 is 2.48 bits per heavy atom. The van der Waals surface area contributed by atoms with Gasteiger partial charge in [0.15, 0.2) is 0 Å². The topological polar surface area (TPSA) is 73.2 Å². The van der Waals surface area contributed by atoms with E-state index in [0.717, 1.165) is 38.0 Å². The Morgan fingerprint density at radius 1 is 1.08 bits per heavy atom. The third kappa shape index (κ3) is 4.67. The fourth-order valence-corrected chi connectivity index (χ4v) is 4.42. The normalized spacial score (nSPS) is 16.4. The van der Waals surface area contributed by atoms with Crippen LogP contribution in [0.5, 0.6) is 0 Å². The Bertz CT molecular complexity index is 852. The molecule has 1 aliphatic heterocycles. The number of hydrogen-bond acceptors (Lipinski definition) is 4. The number of likely N-dealkylation sites (tertiary alicyclic amines) is 1. The molecule has 0 saturated carbocycles. The maximum absolute atomic E-state index is 12.4. The highest BCUT2D eigenvalue weighted by atomic mass is 32.2. The van der Waals surface area contributed by atoms with Crippen LogP contribution in [0.15, 0.2) is 59.5 Å². The van der Waals surface area contributed by atoms with Crippen LogP contribution in [0, 0.1) is 11.3 Å². The molecule has 0 amide bonds. The van der Waals surface area contributed by atoms with Crippen molar-refractivity contribution in [3.8, 4) is 6.07 Å². The second-order valence-corrected chi connectivity index (χ2v) is 8.01. The Labute approximate surface area is 149 Å². The number of rotatable bonds is 5. The molecule has 25 heavy (non-hydrogen) atoms. The van der Waals surface area contributed by atoms with Crippen molar-refractivity contribution >= 4 is 10.0 Å². The van der Waals surface area contributed by atoms with Crippen LogP contribution in [-0.4, -0.2) is 32.4 Å². The van der Waals surface area contributed by atoms with E-state index in [-0.39, 0.29) is 6.04 Å². The lowest BCUT2D eigenvalue weighted by atomic mass is 10.0. The van der Waals surface area contributed by atoms with Crippen LogP contribution in [0.3, 0.4) is 0 Å². The molecular weight excluding hydrogens is 334 g/mol. The molecule has 1 N–H and O–H groups in total. The predicted molar refractivity (Wildman–Crippen MR) is 96.2 cm³/mol. The van der Waals surface area contributed by atoms with Gasteiger partial charge in [-0.25, -0.2) is 13.1 Å². The first kappa shape index (κ1) is 17.6. The number of hydrogen-bond donors (Lipinski definition) is 1. The van der Waals surface area contributed by atoms with Gasteiger partial charge in [-0.1, -0.05) is 30.3 Å². The van der Waals surface area contributed by atoms with Crippen molar-refractivity contribution in [1.29, 1.82) is 5.26 Å². The Morgan fingerprint density at radius 2 is 1.80 bits per heavy atom. The first-order valence-corrected chi connectivity index (χ1v) is 9.84. The summed E-state index contributed by atoms with van der Waals surface area (Å²) in [5, 5.41) is 8.98. The summed E-state index contributed by atoms with van der Waals surface area (Å²) in [6.45, 7) is 2.45. The molecule has 0 spiro atoms. The Hall–Kier alpha value is -2.20. The van der Waals surface area contributed by atoms with E-state index in [1.807, 2.05) is 18.2 Å². The highest BCUT2D eigenvalue weighted by Crippen LogP contribution is 2.17. The lowest BCUT2D eigenvalue weighted by Crippen LogP contribution is -2.44. The Balaban J connectivity index is 1.54. The fourth-order valence-electron chi connectivity index (χ4n) is 3.09. The summed E-state index contributed by atoms with van der Waals surface area (Å²) in [5.41, 5.74) is 1.78. The molecule has 0 unspecified atom stereocenters. The second-order valence-electron chi connectivity index (χ2n) is 6.30. The zero-order valence-electron chi connectivity index (χ0n) is 13.9. The maximum atomic E-state index is 12.4. The number of piperidine rings is 1. The monoisotopic (exact) mass is 355 g/mol. The molecule has 0 aromatic heterocycles. The van der Waals surface area contributed by atoms with Crippen LogP contribution in [-0.2, 0) is 16.6 Å². The maximum Gasteiger partial charge on any atom is 0.240 e. The summed E-state index contributed by atoms with van der Waals surface area (Å²) in [6.07, 6.45) is 1.56. The average molecular weight is 355 g/mol. The van der Waals surface area contributed by atoms with Crippen LogP contribution >= 0.6 is 0 Å². The standard InChI is InChI=1S/C19H21N3O2S/c20-14-16-5-4-6-17(13-16)15-22-11-9-18(10-12-22)21-25(23,24)19-7-2-1-3-8-19/h1-8,13,18,21H,9-12,15H2. The van der Waals surface area contributed by atoms with Gasteiger partial charge < -0.3 is 0 Å². The van der Waals surface area contributed by atoms with Crippen molar-refractivity contribution in [3.63, 3.8) is 0 Å². The summed E-state index contributed by atoms with van der Waals surface area (Å²) < 4.78 is 27.6. The van der Waals surface area contributed by atoms with E-state index in [4.69, 9.17) is 5.26 Å². The summed E-state index contributed by atoms with van der Waals surface area (Å²) in [4.78, 5) is 2.61. The third-order valence-electron chi connectivity index (χ3n) is 4.43. The molecule has 1 saturated heterocycles. The minimum absolute atomic E-state index is 0.0353. The first-order valence-electron chi connectivity index (χ1n) is 8.35. The highest BCUT2D eigenvalue weighted by Gasteiger charge is 2.24. The van der Waals surface area contributed by atoms with Gasteiger partial charge in [0.25, 0.3) is 0 Å². The summed E-state index contributed by atoms with van der Waals surface area (Å²) >= 11 is 0. The number of benzene rings is 2. The molecule has 0 radical (unpaired) electrons. The minimum Gasteiger partial charge on any atom is -0.299 e. The van der Waals surface area contributed by atoms with E-state index in [1.54, 1.807) is 36.4 Å². The van der Waals surface area contributed by atoms with Crippen LogP contribution in [0.25, 0.3) is 0 Å². The molecule has 130 valence electrons. The zero-order valence-corrected chi connectivity index (χ0v) is 14.7. The van der Waals surface area contributed by atoms with Crippen LogP contribution in [0.1, 0.15) is 24.0 Å².